The van der Waals surface area contributed by atoms with E-state index in [1.54, 1.807) is 0 Å². The fourth-order valence-electron chi connectivity index (χ4n) is 3.37. The third kappa shape index (κ3) is 2.21. The molecule has 0 spiro atoms. The standard InChI is InChI=1S/C13H26N2/c1-9-5-4-6-13(11(9)3)15-7-10(2)12(14)8-15/h9-13H,4-8,14H2,1-3H3. The van der Waals surface area contributed by atoms with Crippen LogP contribution in [0.4, 0.5) is 0 Å². The molecule has 2 fully saturated rings. The van der Waals surface area contributed by atoms with Crippen LogP contribution in [-0.2, 0) is 0 Å². The molecule has 2 aliphatic rings. The number of nitrogens with two attached hydrogens (primary N) is 1. The number of nitrogens with zero attached hydrogens (tertiary/aromatic N) is 1. The van der Waals surface area contributed by atoms with Crippen LogP contribution in [0.5, 0.6) is 0 Å². The van der Waals surface area contributed by atoms with E-state index < -0.39 is 0 Å². The van der Waals surface area contributed by atoms with Gasteiger partial charge in [-0.05, 0) is 24.2 Å². The highest BCUT2D eigenvalue weighted by atomic mass is 15.2. The summed E-state index contributed by atoms with van der Waals surface area (Å²) in [6.07, 6.45) is 4.23. The topological polar surface area (TPSA) is 29.3 Å². The van der Waals surface area contributed by atoms with Gasteiger partial charge in [-0.3, -0.25) is 4.90 Å². The molecule has 2 heteroatoms. The van der Waals surface area contributed by atoms with Crippen molar-refractivity contribution in [3.05, 3.63) is 0 Å². The molecule has 5 unspecified atom stereocenters. The van der Waals surface area contributed by atoms with Crippen LogP contribution in [0.15, 0.2) is 0 Å². The lowest BCUT2D eigenvalue weighted by Crippen LogP contribution is -2.43. The average molecular weight is 210 g/mol. The van der Waals surface area contributed by atoms with Crippen molar-refractivity contribution in [2.24, 2.45) is 23.5 Å². The molecule has 2 N–H and O–H groups in total. The van der Waals surface area contributed by atoms with Gasteiger partial charge in [0.2, 0.25) is 0 Å². The smallest absolute Gasteiger partial charge is 0.0206 e. The summed E-state index contributed by atoms with van der Waals surface area (Å²) in [6.45, 7) is 9.49. The van der Waals surface area contributed by atoms with E-state index in [1.807, 2.05) is 0 Å². The Morgan fingerprint density at radius 2 is 1.73 bits per heavy atom. The average Bonchev–Trinajstić information content (AvgIpc) is 2.51. The van der Waals surface area contributed by atoms with Gasteiger partial charge in [-0.25, -0.2) is 0 Å². The minimum absolute atomic E-state index is 0.412. The van der Waals surface area contributed by atoms with Gasteiger partial charge < -0.3 is 5.73 Å². The molecule has 0 amide bonds. The number of rotatable bonds is 1. The summed E-state index contributed by atoms with van der Waals surface area (Å²) in [4.78, 5) is 2.66. The first kappa shape index (κ1) is 11.4. The zero-order valence-electron chi connectivity index (χ0n) is 10.4. The van der Waals surface area contributed by atoms with Gasteiger partial charge in [0.05, 0.1) is 0 Å². The Labute approximate surface area is 94.2 Å². The van der Waals surface area contributed by atoms with Gasteiger partial charge in [0, 0.05) is 25.2 Å². The van der Waals surface area contributed by atoms with Crippen molar-refractivity contribution >= 4 is 0 Å². The monoisotopic (exact) mass is 210 g/mol. The van der Waals surface area contributed by atoms with E-state index in [-0.39, 0.29) is 0 Å². The molecular formula is C13H26N2. The summed E-state index contributed by atoms with van der Waals surface area (Å²) in [5, 5.41) is 0. The third-order valence-electron chi connectivity index (χ3n) is 4.83. The number of hydrogen-bond donors (Lipinski definition) is 1. The first-order valence-corrected chi connectivity index (χ1v) is 6.59. The van der Waals surface area contributed by atoms with Crippen LogP contribution in [0.1, 0.15) is 40.0 Å². The zero-order chi connectivity index (χ0) is 11.0. The Bertz CT molecular complexity index is 207. The van der Waals surface area contributed by atoms with Crippen LogP contribution in [-0.4, -0.2) is 30.1 Å². The molecule has 0 aromatic rings. The van der Waals surface area contributed by atoms with E-state index in [1.165, 1.54) is 25.8 Å². The van der Waals surface area contributed by atoms with Crippen LogP contribution in [0, 0.1) is 17.8 Å². The fourth-order valence-corrected chi connectivity index (χ4v) is 3.37. The molecule has 1 heterocycles. The maximum atomic E-state index is 6.11. The van der Waals surface area contributed by atoms with Gasteiger partial charge in [-0.15, -0.1) is 0 Å². The highest BCUT2D eigenvalue weighted by Crippen LogP contribution is 2.34. The molecule has 0 aromatic heterocycles. The Kier molecular flexibility index (Phi) is 3.36. The van der Waals surface area contributed by atoms with Crippen molar-refractivity contribution in [1.29, 1.82) is 0 Å². The summed E-state index contributed by atoms with van der Waals surface area (Å²) in [7, 11) is 0. The van der Waals surface area contributed by atoms with E-state index in [0.717, 1.165) is 24.4 Å². The fraction of sp³-hybridized carbons (Fsp3) is 1.00. The zero-order valence-corrected chi connectivity index (χ0v) is 10.4. The second-order valence-corrected chi connectivity index (χ2v) is 5.93. The van der Waals surface area contributed by atoms with Crippen molar-refractivity contribution in [3.63, 3.8) is 0 Å². The van der Waals surface area contributed by atoms with Gasteiger partial charge in [0.15, 0.2) is 0 Å². The van der Waals surface area contributed by atoms with Crippen LogP contribution < -0.4 is 5.73 Å². The summed E-state index contributed by atoms with van der Waals surface area (Å²) < 4.78 is 0. The molecule has 0 bridgehead atoms. The van der Waals surface area contributed by atoms with Crippen LogP contribution in [0.2, 0.25) is 0 Å². The minimum atomic E-state index is 0.412. The molecule has 1 aliphatic carbocycles. The van der Waals surface area contributed by atoms with Crippen molar-refractivity contribution < 1.29 is 0 Å². The van der Waals surface area contributed by atoms with Gasteiger partial charge in [-0.2, -0.15) is 0 Å². The lowest BCUT2D eigenvalue weighted by Gasteiger charge is -2.40. The molecule has 1 aliphatic heterocycles. The van der Waals surface area contributed by atoms with E-state index in [0.29, 0.717) is 12.0 Å². The first-order chi connectivity index (χ1) is 7.09. The van der Waals surface area contributed by atoms with Crippen molar-refractivity contribution in [1.82, 2.24) is 4.90 Å². The molecule has 88 valence electrons. The molecule has 1 saturated heterocycles. The number of hydrogen-bond acceptors (Lipinski definition) is 2. The minimum Gasteiger partial charge on any atom is -0.326 e. The van der Waals surface area contributed by atoms with Gasteiger partial charge in [0.1, 0.15) is 0 Å². The lowest BCUT2D eigenvalue weighted by atomic mass is 9.77. The molecule has 0 radical (unpaired) electrons. The first-order valence-electron chi connectivity index (χ1n) is 6.59. The maximum absolute atomic E-state index is 6.11. The summed E-state index contributed by atoms with van der Waals surface area (Å²) in [5.74, 6) is 2.45. The molecule has 15 heavy (non-hydrogen) atoms. The van der Waals surface area contributed by atoms with Gasteiger partial charge in [-0.1, -0.05) is 33.6 Å². The highest BCUT2D eigenvalue weighted by molar-refractivity contribution is 4.92. The summed E-state index contributed by atoms with van der Waals surface area (Å²) in [6, 6.07) is 1.22. The SMILES string of the molecule is CC1CN(C2CCCC(C)C2C)CC1N. The Morgan fingerprint density at radius 1 is 1.00 bits per heavy atom. The number of likely N-dealkylation sites (tertiary alicyclic amines) is 1. The predicted molar refractivity (Wildman–Crippen MR) is 64.7 cm³/mol. The van der Waals surface area contributed by atoms with Gasteiger partial charge in [0.25, 0.3) is 0 Å². The van der Waals surface area contributed by atoms with E-state index in [9.17, 15) is 0 Å². The van der Waals surface area contributed by atoms with E-state index in [2.05, 4.69) is 25.7 Å². The third-order valence-corrected chi connectivity index (χ3v) is 4.83. The molecule has 2 nitrogen and oxygen atoms in total. The second kappa shape index (κ2) is 4.42. The van der Waals surface area contributed by atoms with Gasteiger partial charge >= 0.3 is 0 Å². The molecule has 2 rings (SSSR count). The van der Waals surface area contributed by atoms with Crippen molar-refractivity contribution in [2.45, 2.75) is 52.1 Å². The predicted octanol–water partition coefficient (Wildman–Crippen LogP) is 2.09. The summed E-state index contributed by atoms with van der Waals surface area (Å²) >= 11 is 0. The molecule has 5 atom stereocenters. The molecular weight excluding hydrogens is 184 g/mol. The molecule has 0 aromatic carbocycles. The maximum Gasteiger partial charge on any atom is 0.0206 e. The quantitative estimate of drug-likeness (QED) is 0.718. The Hall–Kier alpha value is -0.0800. The van der Waals surface area contributed by atoms with E-state index in [4.69, 9.17) is 5.73 Å². The van der Waals surface area contributed by atoms with E-state index >= 15 is 0 Å². The van der Waals surface area contributed by atoms with Crippen LogP contribution >= 0.6 is 0 Å². The second-order valence-electron chi connectivity index (χ2n) is 5.93. The normalized spacial score (nSPS) is 48.4. The largest absolute Gasteiger partial charge is 0.326 e. The Morgan fingerprint density at radius 3 is 2.33 bits per heavy atom. The Balaban J connectivity index is 1.98. The highest BCUT2D eigenvalue weighted by Gasteiger charge is 2.36. The van der Waals surface area contributed by atoms with Crippen LogP contribution in [0.3, 0.4) is 0 Å². The summed E-state index contributed by atoms with van der Waals surface area (Å²) in [5.41, 5.74) is 6.11. The van der Waals surface area contributed by atoms with Crippen molar-refractivity contribution in [3.8, 4) is 0 Å². The lowest BCUT2D eigenvalue weighted by molar-refractivity contribution is 0.0982. The van der Waals surface area contributed by atoms with Crippen molar-refractivity contribution in [2.75, 3.05) is 13.1 Å². The van der Waals surface area contributed by atoms with Crippen LogP contribution in [0.25, 0.3) is 0 Å². The molecule has 1 saturated carbocycles.